The van der Waals surface area contributed by atoms with Crippen molar-refractivity contribution in [1.82, 2.24) is 5.32 Å². The van der Waals surface area contributed by atoms with E-state index in [0.717, 1.165) is 44.9 Å². The van der Waals surface area contributed by atoms with Gasteiger partial charge in [-0.3, -0.25) is 4.79 Å². The maximum atomic E-state index is 12.5. The molecular weight excluding hydrogens is 763 g/mol. The van der Waals surface area contributed by atoms with E-state index >= 15 is 0 Å². The van der Waals surface area contributed by atoms with Gasteiger partial charge in [0.05, 0.1) is 18.8 Å². The van der Waals surface area contributed by atoms with Gasteiger partial charge in [-0.05, 0) is 44.9 Å². The molecule has 0 fully saturated rings. The second-order valence-electron chi connectivity index (χ2n) is 19.1. The van der Waals surface area contributed by atoms with Crippen LogP contribution in [0.2, 0.25) is 0 Å². The highest BCUT2D eigenvalue weighted by atomic mass is 16.3. The fourth-order valence-corrected chi connectivity index (χ4v) is 8.63. The number of amides is 1. The summed E-state index contributed by atoms with van der Waals surface area (Å²) in [6, 6.07) is -0.820. The van der Waals surface area contributed by atoms with Crippen molar-refractivity contribution in [3.05, 3.63) is 36.5 Å². The highest BCUT2D eigenvalue weighted by Gasteiger charge is 2.22. The van der Waals surface area contributed by atoms with Crippen LogP contribution in [0.5, 0.6) is 0 Å². The lowest BCUT2D eigenvalue weighted by molar-refractivity contribution is -0.131. The molecule has 0 saturated heterocycles. The molecule has 0 aliphatic heterocycles. The number of rotatable bonds is 51. The Balaban J connectivity index is 3.60. The normalized spacial score (nSPS) is 13.6. The number of hydrogen-bond donors (Lipinski definition) is 4. The molecule has 0 aliphatic carbocycles. The van der Waals surface area contributed by atoms with Gasteiger partial charge in [-0.15, -0.1) is 0 Å². The van der Waals surface area contributed by atoms with Gasteiger partial charge in [0.2, 0.25) is 5.91 Å². The van der Waals surface area contributed by atoms with Gasteiger partial charge < -0.3 is 20.6 Å². The highest BCUT2D eigenvalue weighted by molar-refractivity contribution is 5.80. The van der Waals surface area contributed by atoms with Crippen LogP contribution in [0.25, 0.3) is 0 Å². The predicted molar refractivity (Wildman–Crippen MR) is 273 cm³/mol. The molecule has 0 bridgehead atoms. The molecule has 0 aliphatic rings. The minimum atomic E-state index is -1.11. The van der Waals surface area contributed by atoms with E-state index in [2.05, 4.69) is 43.5 Å². The van der Waals surface area contributed by atoms with Gasteiger partial charge in [0.1, 0.15) is 6.10 Å². The van der Waals surface area contributed by atoms with Crippen molar-refractivity contribution in [2.24, 2.45) is 0 Å². The van der Waals surface area contributed by atoms with E-state index in [4.69, 9.17) is 0 Å². The lowest BCUT2D eigenvalue weighted by Crippen LogP contribution is -2.48. The second kappa shape index (κ2) is 52.2. The molecule has 0 heterocycles. The summed E-state index contributed by atoms with van der Waals surface area (Å²) in [5, 5.41) is 33.3. The van der Waals surface area contributed by atoms with Gasteiger partial charge in [0.15, 0.2) is 0 Å². The molecular formula is C57H109NO4. The Labute approximate surface area is 387 Å². The van der Waals surface area contributed by atoms with E-state index in [9.17, 15) is 20.1 Å². The van der Waals surface area contributed by atoms with E-state index in [1.165, 1.54) is 231 Å². The third kappa shape index (κ3) is 46.6. The molecule has 62 heavy (non-hydrogen) atoms. The summed E-state index contributed by atoms with van der Waals surface area (Å²) >= 11 is 0. The number of hydrogen-bond acceptors (Lipinski definition) is 4. The molecule has 0 saturated carbocycles. The van der Waals surface area contributed by atoms with Gasteiger partial charge in [-0.25, -0.2) is 0 Å². The fourth-order valence-electron chi connectivity index (χ4n) is 8.63. The van der Waals surface area contributed by atoms with Crippen LogP contribution in [-0.4, -0.2) is 46.1 Å². The van der Waals surface area contributed by atoms with Crippen LogP contribution in [0, 0.1) is 0 Å². The van der Waals surface area contributed by atoms with E-state index in [1.54, 1.807) is 6.08 Å². The quantitative estimate of drug-likeness (QED) is 0.0362. The Morgan fingerprint density at radius 1 is 0.387 bits per heavy atom. The van der Waals surface area contributed by atoms with Gasteiger partial charge in [0, 0.05) is 0 Å². The van der Waals surface area contributed by atoms with Crippen LogP contribution in [0.15, 0.2) is 36.5 Å². The Kier molecular flexibility index (Phi) is 51.0. The smallest absolute Gasteiger partial charge is 0.249 e. The van der Waals surface area contributed by atoms with Crippen LogP contribution in [-0.2, 0) is 4.79 Å². The lowest BCUT2D eigenvalue weighted by Gasteiger charge is -2.21. The van der Waals surface area contributed by atoms with Crippen molar-refractivity contribution in [2.45, 2.75) is 315 Å². The standard InChI is InChI=1S/C57H109NO4/c1-3-5-7-9-11-13-15-17-19-21-23-25-26-27-28-29-30-32-34-36-38-40-42-44-46-48-50-52-56(61)57(62)58-54(53-59)55(60)51-49-47-45-43-41-39-37-35-33-31-24-22-20-18-16-14-12-10-8-6-4-2/h33,35,41,43,49,51,54-56,59-61H,3-32,34,36-40,42,44-48,50,52-53H2,1-2H3,(H,58,62)/b35-33+,43-41+,51-49+. The molecule has 366 valence electrons. The molecule has 4 N–H and O–H groups in total. The Bertz CT molecular complexity index is 962. The van der Waals surface area contributed by atoms with Crippen molar-refractivity contribution >= 4 is 5.91 Å². The molecule has 0 rings (SSSR count). The highest BCUT2D eigenvalue weighted by Crippen LogP contribution is 2.17. The summed E-state index contributed by atoms with van der Waals surface area (Å²) in [5.74, 6) is -0.512. The number of unbranched alkanes of at least 4 members (excludes halogenated alkanes) is 39. The molecule has 0 aromatic heterocycles. The first-order valence-corrected chi connectivity index (χ1v) is 27.8. The van der Waals surface area contributed by atoms with Crippen molar-refractivity contribution in [3.8, 4) is 0 Å². The second-order valence-corrected chi connectivity index (χ2v) is 19.1. The van der Waals surface area contributed by atoms with Gasteiger partial charge in [-0.1, -0.05) is 288 Å². The van der Waals surface area contributed by atoms with Crippen LogP contribution in [0.4, 0.5) is 0 Å². The number of nitrogens with one attached hydrogen (secondary N) is 1. The summed E-state index contributed by atoms with van der Waals surface area (Å²) in [7, 11) is 0. The summed E-state index contributed by atoms with van der Waals surface area (Å²) in [6.45, 7) is 4.20. The topological polar surface area (TPSA) is 89.8 Å². The molecule has 0 radical (unpaired) electrons. The Morgan fingerprint density at radius 3 is 0.984 bits per heavy atom. The largest absolute Gasteiger partial charge is 0.394 e. The average Bonchev–Trinajstić information content (AvgIpc) is 3.28. The molecule has 0 spiro atoms. The average molecular weight is 873 g/mol. The summed E-state index contributed by atoms with van der Waals surface area (Å²) in [6.07, 6.45) is 67.9. The van der Waals surface area contributed by atoms with Crippen LogP contribution >= 0.6 is 0 Å². The zero-order valence-corrected chi connectivity index (χ0v) is 41.8. The summed E-state index contributed by atoms with van der Waals surface area (Å²) in [4.78, 5) is 12.5. The van der Waals surface area contributed by atoms with E-state index < -0.39 is 24.2 Å². The number of carbonyl (C=O) groups is 1. The molecule has 5 nitrogen and oxygen atoms in total. The summed E-state index contributed by atoms with van der Waals surface area (Å²) < 4.78 is 0. The summed E-state index contributed by atoms with van der Waals surface area (Å²) in [5.41, 5.74) is 0. The SMILES string of the molecule is CCCCCCCCCCCCC/C=C/CC/C=C/CC/C=C/C(O)C(CO)NC(=O)C(O)CCCCCCCCCCCCCCCCCCCCCCCCCCCCC. The fraction of sp³-hybridized carbons (Fsp3) is 0.877. The zero-order chi connectivity index (χ0) is 45.1. The van der Waals surface area contributed by atoms with E-state index in [1.807, 2.05) is 6.08 Å². The van der Waals surface area contributed by atoms with Gasteiger partial charge in [0.25, 0.3) is 0 Å². The van der Waals surface area contributed by atoms with Crippen LogP contribution < -0.4 is 5.32 Å². The Hall–Kier alpha value is -1.43. The molecule has 0 aromatic carbocycles. The van der Waals surface area contributed by atoms with E-state index in [0.29, 0.717) is 6.42 Å². The van der Waals surface area contributed by atoms with Crippen molar-refractivity contribution in [2.75, 3.05) is 6.61 Å². The number of carbonyl (C=O) groups excluding carboxylic acids is 1. The molecule has 3 atom stereocenters. The zero-order valence-electron chi connectivity index (χ0n) is 41.8. The van der Waals surface area contributed by atoms with Crippen LogP contribution in [0.3, 0.4) is 0 Å². The molecule has 3 unspecified atom stereocenters. The minimum absolute atomic E-state index is 0.379. The van der Waals surface area contributed by atoms with Crippen molar-refractivity contribution < 1.29 is 20.1 Å². The lowest BCUT2D eigenvalue weighted by atomic mass is 10.0. The molecule has 1 amide bonds. The first kappa shape index (κ1) is 60.6. The van der Waals surface area contributed by atoms with Crippen LogP contribution in [0.1, 0.15) is 296 Å². The third-order valence-corrected chi connectivity index (χ3v) is 13.0. The number of aliphatic hydroxyl groups excluding tert-OH is 3. The minimum Gasteiger partial charge on any atom is -0.394 e. The predicted octanol–water partition coefficient (Wildman–Crippen LogP) is 17.1. The molecule has 5 heteroatoms. The maximum absolute atomic E-state index is 12.5. The first-order valence-electron chi connectivity index (χ1n) is 27.8. The van der Waals surface area contributed by atoms with Crippen molar-refractivity contribution in [1.29, 1.82) is 0 Å². The number of allylic oxidation sites excluding steroid dienone is 5. The first-order chi connectivity index (χ1) is 30.6. The maximum Gasteiger partial charge on any atom is 0.249 e. The third-order valence-electron chi connectivity index (χ3n) is 13.0. The van der Waals surface area contributed by atoms with Crippen molar-refractivity contribution in [3.63, 3.8) is 0 Å². The van der Waals surface area contributed by atoms with E-state index in [-0.39, 0.29) is 6.61 Å². The number of aliphatic hydroxyl groups is 3. The van der Waals surface area contributed by atoms with Gasteiger partial charge >= 0.3 is 0 Å². The molecule has 0 aromatic rings. The Morgan fingerprint density at radius 2 is 0.661 bits per heavy atom. The van der Waals surface area contributed by atoms with Gasteiger partial charge in [-0.2, -0.15) is 0 Å². The monoisotopic (exact) mass is 872 g/mol.